The summed E-state index contributed by atoms with van der Waals surface area (Å²) in [6, 6.07) is 4.76. The van der Waals surface area contributed by atoms with E-state index in [4.69, 9.17) is 21.7 Å². The lowest BCUT2D eigenvalue weighted by Gasteiger charge is -2.31. The summed E-state index contributed by atoms with van der Waals surface area (Å²) in [5.74, 6) is 1.59. The van der Waals surface area contributed by atoms with Crippen LogP contribution in [0.15, 0.2) is 12.1 Å². The fraction of sp³-hybridized carbons (Fsp3) is 0.533. The van der Waals surface area contributed by atoms with E-state index >= 15 is 0 Å². The van der Waals surface area contributed by atoms with E-state index in [-0.39, 0.29) is 0 Å². The van der Waals surface area contributed by atoms with Gasteiger partial charge in [0.2, 0.25) is 0 Å². The van der Waals surface area contributed by atoms with E-state index in [1.165, 1.54) is 24.0 Å². The highest BCUT2D eigenvalue weighted by Gasteiger charge is 2.26. The second-order valence-corrected chi connectivity index (χ2v) is 5.76. The van der Waals surface area contributed by atoms with Gasteiger partial charge >= 0.3 is 0 Å². The van der Waals surface area contributed by atoms with Crippen LogP contribution in [0.3, 0.4) is 0 Å². The highest BCUT2D eigenvalue weighted by atomic mass is 32.1. The molecule has 1 aromatic carbocycles. The van der Waals surface area contributed by atoms with Crippen molar-refractivity contribution >= 4 is 17.3 Å². The van der Waals surface area contributed by atoms with E-state index in [0.717, 1.165) is 36.1 Å². The zero-order valence-corrected chi connectivity index (χ0v) is 12.8. The van der Waals surface area contributed by atoms with Gasteiger partial charge in [0.25, 0.3) is 0 Å². The van der Waals surface area contributed by atoms with Gasteiger partial charge in [0.15, 0.2) is 16.6 Å². The van der Waals surface area contributed by atoms with E-state index in [2.05, 4.69) is 22.3 Å². The molecule has 1 heterocycles. The normalized spacial score (nSPS) is 17.4. The summed E-state index contributed by atoms with van der Waals surface area (Å²) in [6.45, 7) is 1.80. The van der Waals surface area contributed by atoms with Crippen LogP contribution < -0.4 is 14.8 Å². The number of hydrogen-bond acceptors (Lipinski definition) is 3. The number of fused-ring (bicyclic) bond motifs is 1. The van der Waals surface area contributed by atoms with Crippen molar-refractivity contribution in [3.05, 3.63) is 23.3 Å². The number of methoxy groups -OCH3 is 2. The van der Waals surface area contributed by atoms with E-state index in [9.17, 15) is 0 Å². The molecule has 1 fully saturated rings. The molecular weight excluding hydrogens is 272 g/mol. The molecule has 0 amide bonds. The van der Waals surface area contributed by atoms with Crippen LogP contribution in [-0.4, -0.2) is 36.8 Å². The molecule has 0 saturated heterocycles. The molecule has 5 heteroatoms. The van der Waals surface area contributed by atoms with Gasteiger partial charge in [-0.25, -0.2) is 0 Å². The fourth-order valence-corrected chi connectivity index (χ4v) is 2.87. The van der Waals surface area contributed by atoms with Gasteiger partial charge in [0.05, 0.1) is 14.2 Å². The van der Waals surface area contributed by atoms with Crippen molar-refractivity contribution in [1.29, 1.82) is 0 Å². The van der Waals surface area contributed by atoms with E-state index in [0.29, 0.717) is 6.04 Å². The third kappa shape index (κ3) is 2.68. The average molecular weight is 292 g/mol. The lowest BCUT2D eigenvalue weighted by atomic mass is 9.99. The first kappa shape index (κ1) is 13.5. The van der Waals surface area contributed by atoms with Crippen molar-refractivity contribution in [3.63, 3.8) is 0 Å². The Morgan fingerprint density at radius 2 is 1.85 bits per heavy atom. The minimum atomic E-state index is 0.606. The Morgan fingerprint density at radius 3 is 2.45 bits per heavy atom. The minimum Gasteiger partial charge on any atom is -0.493 e. The number of hydrogen-bond donors (Lipinski definition) is 1. The third-order valence-corrected chi connectivity index (χ3v) is 4.29. The summed E-state index contributed by atoms with van der Waals surface area (Å²) in [5, 5.41) is 4.29. The maximum Gasteiger partial charge on any atom is 0.169 e. The lowest BCUT2D eigenvalue weighted by molar-refractivity contribution is 0.347. The number of rotatable bonds is 3. The maximum absolute atomic E-state index is 5.49. The van der Waals surface area contributed by atoms with Crippen molar-refractivity contribution in [2.24, 2.45) is 0 Å². The summed E-state index contributed by atoms with van der Waals surface area (Å²) in [6.07, 6.45) is 3.48. The summed E-state index contributed by atoms with van der Waals surface area (Å²) < 4.78 is 10.7. The van der Waals surface area contributed by atoms with Crippen LogP contribution in [0.25, 0.3) is 0 Å². The van der Waals surface area contributed by atoms with Gasteiger partial charge < -0.3 is 19.7 Å². The molecular formula is C15H20N2O2S. The fourth-order valence-electron chi connectivity index (χ4n) is 2.55. The standard InChI is InChI=1S/C15H20N2O2S/c1-18-13-7-10-5-6-17(15(20)16-12-3-4-12)9-11(10)8-14(13)19-2/h7-8,12H,3-6,9H2,1-2H3,(H,16,20). The molecule has 1 saturated carbocycles. The molecule has 0 aromatic heterocycles. The number of ether oxygens (including phenoxy) is 2. The van der Waals surface area contributed by atoms with E-state index < -0.39 is 0 Å². The predicted molar refractivity (Wildman–Crippen MR) is 82.4 cm³/mol. The SMILES string of the molecule is COc1cc2c(cc1OC)CN(C(=S)NC1CC1)CC2. The highest BCUT2D eigenvalue weighted by molar-refractivity contribution is 7.80. The first-order valence-corrected chi connectivity index (χ1v) is 7.41. The molecule has 1 aliphatic heterocycles. The molecule has 108 valence electrons. The van der Waals surface area contributed by atoms with Crippen LogP contribution in [0, 0.1) is 0 Å². The van der Waals surface area contributed by atoms with Crippen LogP contribution in [0.2, 0.25) is 0 Å². The third-order valence-electron chi connectivity index (χ3n) is 3.91. The lowest BCUT2D eigenvalue weighted by Crippen LogP contribution is -2.43. The Morgan fingerprint density at radius 1 is 1.20 bits per heavy atom. The van der Waals surface area contributed by atoms with Crippen molar-refractivity contribution in [3.8, 4) is 11.5 Å². The number of nitrogens with one attached hydrogen (secondary N) is 1. The summed E-state index contributed by atoms with van der Waals surface area (Å²) in [7, 11) is 3.35. The molecule has 0 bridgehead atoms. The van der Waals surface area contributed by atoms with Crippen LogP contribution in [0.1, 0.15) is 24.0 Å². The topological polar surface area (TPSA) is 33.7 Å². The monoisotopic (exact) mass is 292 g/mol. The van der Waals surface area contributed by atoms with E-state index in [1.807, 2.05) is 0 Å². The Balaban J connectivity index is 1.77. The summed E-state index contributed by atoms with van der Waals surface area (Å²) in [5.41, 5.74) is 2.60. The Kier molecular flexibility index (Phi) is 3.70. The molecule has 2 aliphatic rings. The molecule has 4 nitrogen and oxygen atoms in total. The van der Waals surface area contributed by atoms with Crippen LogP contribution >= 0.6 is 12.2 Å². The number of benzene rings is 1. The first-order chi connectivity index (χ1) is 9.71. The van der Waals surface area contributed by atoms with Crippen molar-refractivity contribution in [2.45, 2.75) is 31.8 Å². The summed E-state index contributed by atoms with van der Waals surface area (Å²) >= 11 is 5.49. The van der Waals surface area contributed by atoms with Gasteiger partial charge in [-0.3, -0.25) is 0 Å². The van der Waals surface area contributed by atoms with Gasteiger partial charge in [-0.05, 0) is 54.7 Å². The average Bonchev–Trinajstić information content (AvgIpc) is 3.28. The minimum absolute atomic E-state index is 0.606. The second kappa shape index (κ2) is 5.48. The quantitative estimate of drug-likeness (QED) is 0.863. The molecule has 1 N–H and O–H groups in total. The smallest absolute Gasteiger partial charge is 0.169 e. The zero-order valence-electron chi connectivity index (χ0n) is 11.9. The van der Waals surface area contributed by atoms with Crippen molar-refractivity contribution in [2.75, 3.05) is 20.8 Å². The Hall–Kier alpha value is -1.49. The van der Waals surface area contributed by atoms with Gasteiger partial charge in [-0.15, -0.1) is 0 Å². The Bertz CT molecular complexity index is 529. The molecule has 0 spiro atoms. The van der Waals surface area contributed by atoms with Crippen LogP contribution in [0.4, 0.5) is 0 Å². The number of nitrogens with zero attached hydrogens (tertiary/aromatic N) is 1. The summed E-state index contributed by atoms with van der Waals surface area (Å²) in [4.78, 5) is 2.24. The molecule has 1 aromatic rings. The maximum atomic E-state index is 5.49. The van der Waals surface area contributed by atoms with Crippen LogP contribution in [-0.2, 0) is 13.0 Å². The molecule has 0 unspecified atom stereocenters. The first-order valence-electron chi connectivity index (χ1n) is 7.00. The van der Waals surface area contributed by atoms with Crippen molar-refractivity contribution < 1.29 is 9.47 Å². The zero-order chi connectivity index (χ0) is 14.1. The molecule has 1 aliphatic carbocycles. The van der Waals surface area contributed by atoms with E-state index in [1.54, 1.807) is 14.2 Å². The molecule has 3 rings (SSSR count). The number of thiocarbonyl (C=S) groups is 1. The molecule has 0 atom stereocenters. The second-order valence-electron chi connectivity index (χ2n) is 5.37. The van der Waals surface area contributed by atoms with Crippen LogP contribution in [0.5, 0.6) is 11.5 Å². The molecule has 0 radical (unpaired) electrons. The van der Waals surface area contributed by atoms with Gasteiger partial charge in [0, 0.05) is 19.1 Å². The highest BCUT2D eigenvalue weighted by Crippen LogP contribution is 2.33. The largest absolute Gasteiger partial charge is 0.493 e. The van der Waals surface area contributed by atoms with Gasteiger partial charge in [-0.2, -0.15) is 0 Å². The predicted octanol–water partition coefficient (Wildman–Crippen LogP) is 2.10. The molecule has 20 heavy (non-hydrogen) atoms. The van der Waals surface area contributed by atoms with Gasteiger partial charge in [-0.1, -0.05) is 0 Å². The Labute approximate surface area is 125 Å². The van der Waals surface area contributed by atoms with Gasteiger partial charge in [0.1, 0.15) is 0 Å². The van der Waals surface area contributed by atoms with Crippen molar-refractivity contribution in [1.82, 2.24) is 10.2 Å².